The Morgan fingerprint density at radius 3 is 1.70 bits per heavy atom. The lowest BCUT2D eigenvalue weighted by Crippen LogP contribution is -1.88. The molecule has 0 spiro atoms. The number of aliphatic hydroxyl groups is 1. The van der Waals surface area contributed by atoms with Crippen molar-refractivity contribution >= 4 is 17.9 Å². The van der Waals surface area contributed by atoms with Crippen molar-refractivity contribution in [3.8, 4) is 0 Å². The molecule has 116 valence electrons. The number of rotatable bonds is 5. The van der Waals surface area contributed by atoms with Gasteiger partial charge in [-0.1, -0.05) is 36.4 Å². The molecule has 0 amide bonds. The molecule has 2 aromatic carbocycles. The fourth-order valence-corrected chi connectivity index (χ4v) is 1.75. The van der Waals surface area contributed by atoms with Crippen LogP contribution < -0.4 is 0 Å². The van der Waals surface area contributed by atoms with E-state index in [9.17, 15) is 18.7 Å². The van der Waals surface area contributed by atoms with Crippen molar-refractivity contribution in [1.82, 2.24) is 0 Å². The van der Waals surface area contributed by atoms with Crippen LogP contribution in [0.15, 0.2) is 72.5 Å². The van der Waals surface area contributed by atoms with E-state index in [2.05, 4.69) is 0 Å². The van der Waals surface area contributed by atoms with E-state index in [1.165, 1.54) is 54.6 Å². The van der Waals surface area contributed by atoms with E-state index in [0.29, 0.717) is 11.1 Å². The van der Waals surface area contributed by atoms with E-state index in [1.54, 1.807) is 18.2 Å². The molecule has 23 heavy (non-hydrogen) atoms. The Morgan fingerprint density at radius 2 is 1.22 bits per heavy atom. The molecule has 1 N–H and O–H groups in total. The molecule has 0 atom stereocenters. The van der Waals surface area contributed by atoms with Gasteiger partial charge in [-0.3, -0.25) is 4.79 Å². The number of aliphatic hydroxyl groups excluding tert-OH is 1. The third kappa shape index (κ3) is 5.71. The molecule has 0 aliphatic rings. The van der Waals surface area contributed by atoms with E-state index in [-0.39, 0.29) is 17.4 Å². The molecule has 0 saturated heterocycles. The van der Waals surface area contributed by atoms with Crippen molar-refractivity contribution in [2.75, 3.05) is 0 Å². The van der Waals surface area contributed by atoms with Crippen LogP contribution in [-0.4, -0.2) is 10.9 Å². The minimum Gasteiger partial charge on any atom is -0.508 e. The maximum Gasteiger partial charge on any atom is 0.182 e. The smallest absolute Gasteiger partial charge is 0.182 e. The fourth-order valence-electron chi connectivity index (χ4n) is 1.75. The first-order valence-electron chi connectivity index (χ1n) is 6.85. The van der Waals surface area contributed by atoms with Crippen LogP contribution in [0.1, 0.15) is 11.1 Å². The van der Waals surface area contributed by atoms with E-state index >= 15 is 0 Å². The molecule has 0 fully saturated rings. The summed E-state index contributed by atoms with van der Waals surface area (Å²) in [5, 5.41) is 9.67. The lowest BCUT2D eigenvalue weighted by molar-refractivity contribution is -0.110. The summed E-state index contributed by atoms with van der Waals surface area (Å²) < 4.78 is 25.5. The summed E-state index contributed by atoms with van der Waals surface area (Å²) in [5.74, 6) is -1.32. The summed E-state index contributed by atoms with van der Waals surface area (Å²) in [6.45, 7) is 0. The molecule has 0 aromatic heterocycles. The second kappa shape index (κ2) is 7.84. The quantitative estimate of drug-likeness (QED) is 0.493. The van der Waals surface area contributed by atoms with Crippen molar-refractivity contribution in [3.05, 3.63) is 95.3 Å². The van der Waals surface area contributed by atoms with Gasteiger partial charge in [0.25, 0.3) is 0 Å². The first-order valence-corrected chi connectivity index (χ1v) is 6.85. The number of ketones is 1. The highest BCUT2D eigenvalue weighted by atomic mass is 19.1. The Labute approximate surface area is 132 Å². The molecule has 2 nitrogen and oxygen atoms in total. The average Bonchev–Trinajstić information content (AvgIpc) is 2.54. The fraction of sp³-hybridized carbons (Fsp3) is 0. The molecule has 0 aliphatic heterocycles. The second-order valence-corrected chi connectivity index (χ2v) is 4.74. The molecule has 0 heterocycles. The molecule has 0 bridgehead atoms. The Hall–Kier alpha value is -3.01. The number of allylic oxidation sites excluding steroid dienone is 3. The van der Waals surface area contributed by atoms with Crippen molar-refractivity contribution in [2.45, 2.75) is 0 Å². The third-order valence-electron chi connectivity index (χ3n) is 2.92. The van der Waals surface area contributed by atoms with Crippen molar-refractivity contribution in [1.29, 1.82) is 0 Å². The molecule has 2 rings (SSSR count). The molecular weight excluding hydrogens is 298 g/mol. The van der Waals surface area contributed by atoms with Gasteiger partial charge in [-0.25, -0.2) is 8.78 Å². The van der Waals surface area contributed by atoms with E-state index < -0.39 is 5.78 Å². The van der Waals surface area contributed by atoms with Gasteiger partial charge in [-0.2, -0.15) is 0 Å². The lowest BCUT2D eigenvalue weighted by Gasteiger charge is -1.94. The van der Waals surface area contributed by atoms with Crippen LogP contribution in [0.3, 0.4) is 0 Å². The SMILES string of the molecule is O=C(/C=C(O)/C=C/c1ccc(F)cc1)/C=C/c1ccc(F)cc1. The standard InChI is InChI=1S/C19H14F2O2/c20-16-7-1-14(2-8-16)5-11-18(22)13-19(23)12-6-15-3-9-17(21)10-4-15/h1-13,22H/b11-5+,12-6+,18-13-. The normalized spacial score (nSPS) is 12.2. The summed E-state index contributed by atoms with van der Waals surface area (Å²) in [7, 11) is 0. The molecule has 2 aromatic rings. The van der Waals surface area contributed by atoms with Crippen LogP contribution in [-0.2, 0) is 4.79 Å². The van der Waals surface area contributed by atoms with Crippen LogP contribution in [0.2, 0.25) is 0 Å². The minimum atomic E-state index is -0.407. The zero-order chi connectivity index (χ0) is 16.7. The molecule has 0 aliphatic carbocycles. The monoisotopic (exact) mass is 312 g/mol. The second-order valence-electron chi connectivity index (χ2n) is 4.74. The number of carbonyl (C=O) groups excluding carboxylic acids is 1. The summed E-state index contributed by atoms with van der Waals surface area (Å²) in [4.78, 5) is 11.7. The van der Waals surface area contributed by atoms with Gasteiger partial charge >= 0.3 is 0 Å². The Balaban J connectivity index is 1.98. The number of benzene rings is 2. The first-order chi connectivity index (χ1) is 11.0. The summed E-state index contributed by atoms with van der Waals surface area (Å²) >= 11 is 0. The van der Waals surface area contributed by atoms with E-state index in [0.717, 1.165) is 6.08 Å². The number of carbonyl (C=O) groups is 1. The average molecular weight is 312 g/mol. The molecule has 0 unspecified atom stereocenters. The maximum atomic E-state index is 12.7. The predicted octanol–water partition coefficient (Wildman–Crippen LogP) is 4.70. The highest BCUT2D eigenvalue weighted by Crippen LogP contribution is 2.07. The summed E-state index contributed by atoms with van der Waals surface area (Å²) in [6, 6.07) is 11.4. The molecular formula is C19H14F2O2. The molecule has 0 radical (unpaired) electrons. The maximum absolute atomic E-state index is 12.7. The van der Waals surface area contributed by atoms with Gasteiger partial charge in [0.15, 0.2) is 5.78 Å². The first kappa shape index (κ1) is 16.4. The van der Waals surface area contributed by atoms with E-state index in [1.807, 2.05) is 0 Å². The minimum absolute atomic E-state index is 0.219. The largest absolute Gasteiger partial charge is 0.508 e. The van der Waals surface area contributed by atoms with Gasteiger partial charge in [0.2, 0.25) is 0 Å². The predicted molar refractivity (Wildman–Crippen MR) is 86.6 cm³/mol. The highest BCUT2D eigenvalue weighted by Gasteiger charge is 1.95. The summed E-state index contributed by atoms with van der Waals surface area (Å²) in [6.07, 6.45) is 6.75. The van der Waals surface area contributed by atoms with Crippen LogP contribution >= 0.6 is 0 Å². The Morgan fingerprint density at radius 1 is 0.783 bits per heavy atom. The number of hydrogen-bond acceptors (Lipinski definition) is 2. The zero-order valence-corrected chi connectivity index (χ0v) is 12.1. The Bertz CT molecular complexity index is 755. The van der Waals surface area contributed by atoms with Gasteiger partial charge < -0.3 is 5.11 Å². The number of halogens is 2. The van der Waals surface area contributed by atoms with Gasteiger partial charge in [-0.05, 0) is 47.5 Å². The van der Waals surface area contributed by atoms with Gasteiger partial charge in [0.05, 0.1) is 0 Å². The Kier molecular flexibility index (Phi) is 5.58. The van der Waals surface area contributed by atoms with Gasteiger partial charge in [0.1, 0.15) is 17.4 Å². The van der Waals surface area contributed by atoms with Gasteiger partial charge in [-0.15, -0.1) is 0 Å². The van der Waals surface area contributed by atoms with Crippen molar-refractivity contribution in [2.24, 2.45) is 0 Å². The molecule has 0 saturated carbocycles. The van der Waals surface area contributed by atoms with Crippen LogP contribution in [0.4, 0.5) is 8.78 Å². The summed E-state index contributed by atoms with van der Waals surface area (Å²) in [5.41, 5.74) is 1.37. The van der Waals surface area contributed by atoms with Crippen molar-refractivity contribution in [3.63, 3.8) is 0 Å². The highest BCUT2D eigenvalue weighted by molar-refractivity contribution is 6.02. The van der Waals surface area contributed by atoms with Crippen molar-refractivity contribution < 1.29 is 18.7 Å². The van der Waals surface area contributed by atoms with Crippen LogP contribution in [0, 0.1) is 11.6 Å². The zero-order valence-electron chi connectivity index (χ0n) is 12.1. The van der Waals surface area contributed by atoms with Crippen LogP contribution in [0.5, 0.6) is 0 Å². The topological polar surface area (TPSA) is 37.3 Å². The number of hydrogen-bond donors (Lipinski definition) is 1. The lowest BCUT2D eigenvalue weighted by atomic mass is 10.1. The van der Waals surface area contributed by atoms with E-state index in [4.69, 9.17) is 0 Å². The van der Waals surface area contributed by atoms with Crippen LogP contribution in [0.25, 0.3) is 12.2 Å². The third-order valence-corrected chi connectivity index (χ3v) is 2.92. The molecule has 4 heteroatoms. The van der Waals surface area contributed by atoms with Gasteiger partial charge in [0, 0.05) is 6.08 Å².